The van der Waals surface area contributed by atoms with Crippen LogP contribution < -0.4 is 31.9 Å². The van der Waals surface area contributed by atoms with Crippen LogP contribution in [0.3, 0.4) is 0 Å². The smallest absolute Gasteiger partial charge is 0.322 e. The number of aliphatic carboxylic acids is 1. The molecule has 10 rings (SSSR count). The second-order valence-electron chi connectivity index (χ2n) is 18.9. The van der Waals surface area contributed by atoms with E-state index in [4.69, 9.17) is 34.8 Å². The number of rotatable bonds is 12. The first kappa shape index (κ1) is 58.8. The van der Waals surface area contributed by atoms with E-state index in [1.165, 1.54) is 65.3 Å². The summed E-state index contributed by atoms with van der Waals surface area (Å²) in [4.78, 5) is 132. The first-order valence-corrected chi connectivity index (χ1v) is 30.6. The molecule has 6 amide bonds. The van der Waals surface area contributed by atoms with Gasteiger partial charge < -0.3 is 46.9 Å². The number of hydrogen-bond donors (Lipinski definition) is 8. The van der Waals surface area contributed by atoms with Crippen molar-refractivity contribution in [2.75, 3.05) is 27.2 Å². The summed E-state index contributed by atoms with van der Waals surface area (Å²) in [5.41, 5.74) is 2.61. The largest absolute Gasteiger partial charge is 0.480 e. The van der Waals surface area contributed by atoms with Gasteiger partial charge in [-0.1, -0.05) is 44.2 Å². The number of hydrogen-bond acceptors (Lipinski definition) is 23. The van der Waals surface area contributed by atoms with E-state index >= 15 is 0 Å². The van der Waals surface area contributed by atoms with E-state index in [0.29, 0.717) is 74.5 Å². The Bertz CT molecular complexity index is 3960. The molecule has 4 atom stereocenters. The summed E-state index contributed by atoms with van der Waals surface area (Å²) < 4.78 is 6.96. The number of benzene rings is 1. The predicted molar refractivity (Wildman–Crippen MR) is 314 cm³/mol. The van der Waals surface area contributed by atoms with Gasteiger partial charge in [-0.2, -0.15) is 0 Å². The van der Waals surface area contributed by atoms with Crippen LogP contribution in [0.15, 0.2) is 76.5 Å². The van der Waals surface area contributed by atoms with Gasteiger partial charge in [-0.25, -0.2) is 39.9 Å². The third-order valence-electron chi connectivity index (χ3n) is 12.7. The fraction of sp³-hybridized carbons (Fsp3) is 0.264. The minimum atomic E-state index is -1.29. The Kier molecular flexibility index (Phi) is 17.9. The zero-order chi connectivity index (χ0) is 59.3. The van der Waals surface area contributed by atoms with E-state index in [9.17, 15) is 38.7 Å². The van der Waals surface area contributed by atoms with Gasteiger partial charge in [0.05, 0.1) is 42.2 Å². The first-order valence-electron chi connectivity index (χ1n) is 25.4. The fourth-order valence-electron chi connectivity index (χ4n) is 8.51. The molecule has 25 nitrogen and oxygen atoms in total. The lowest BCUT2D eigenvalue weighted by atomic mass is 10.0. The number of carbonyl (C=O) groups is 7. The Morgan fingerprint density at radius 3 is 2.23 bits per heavy atom. The van der Waals surface area contributed by atoms with Crippen molar-refractivity contribution in [3.05, 3.63) is 130 Å². The van der Waals surface area contributed by atoms with E-state index in [-0.39, 0.29) is 46.7 Å². The highest BCUT2D eigenvalue weighted by atomic mass is 32.1. The summed E-state index contributed by atoms with van der Waals surface area (Å²) >= 11 is 7.15. The topological polar surface area (TPSA) is 349 Å². The molecule has 432 valence electrons. The van der Waals surface area contributed by atoms with Gasteiger partial charge in [0.2, 0.25) is 11.8 Å². The molecule has 0 spiro atoms. The van der Waals surface area contributed by atoms with Gasteiger partial charge in [0.25, 0.3) is 23.6 Å². The average Bonchev–Trinajstić information content (AvgIpc) is 4.56. The van der Waals surface area contributed by atoms with Gasteiger partial charge in [0.15, 0.2) is 0 Å². The number of aryl methyl sites for hydroxylation is 1. The van der Waals surface area contributed by atoms with E-state index < -0.39 is 78.7 Å². The molecule has 0 aliphatic carbocycles. The van der Waals surface area contributed by atoms with Crippen molar-refractivity contribution in [2.24, 2.45) is 5.92 Å². The molecule has 1 aromatic carbocycles. The summed E-state index contributed by atoms with van der Waals surface area (Å²) in [5, 5.41) is 46.4. The molecule has 84 heavy (non-hydrogen) atoms. The van der Waals surface area contributed by atoms with Gasteiger partial charge in [-0.05, 0) is 30.5 Å². The molecular formula is C53H49N15O10S6. The van der Waals surface area contributed by atoms with E-state index in [2.05, 4.69) is 46.9 Å². The summed E-state index contributed by atoms with van der Waals surface area (Å²) in [7, 11) is 2.93. The molecule has 9 heterocycles. The first-order chi connectivity index (χ1) is 40.4. The average molecular weight is 1250 g/mol. The lowest BCUT2D eigenvalue weighted by Gasteiger charge is -2.23. The molecule has 0 fully saturated rings. The Balaban J connectivity index is 1.05. The standard InChI is InChI=1S/C53H49N15O10S6/c1-23(2)38-53-67-41(33(84-53)17-78-5)46(76)55-14-36(70)64-42(43(73)25-9-7-6-8-10-25)52-62-32(20-81-52)50-60-30(18-80-50)40-26(11-12-27(58-40)49-63-34(21-82-49)68-16-29(57-22-68)44(74)56-15-37(71)72)48-61-31(19-79-48)45(75)59-28(13-35(69)54-4)51-66-39(24(3)83-51)47(77)65-38/h6-12,16,18-23,28,38,42-43,73H,13-15,17H2,1-5H3,(H,54,69)(H,55,76)(H,56,74)(H,59,75)(H,64,70)(H,65,77)(H,71,72)/t28-,38+,42-,43-/m0/s1. The Morgan fingerprint density at radius 2 is 1.46 bits per heavy atom. The van der Waals surface area contributed by atoms with Crippen LogP contribution in [-0.2, 0) is 25.7 Å². The second kappa shape index (κ2) is 25.6. The van der Waals surface area contributed by atoms with Crippen molar-refractivity contribution < 1.29 is 48.5 Å². The number of carboxylic acids is 1. The SMILES string of the molecule is CNC(=O)C[C@@H]1NC(=O)c2csc(n2)-c2ccc(-c3nc(-n4cnc(C(=O)NCC(=O)O)c4)cs3)nc2-c2csc(n2)-c2csc(n2)[C@H]([C@@H](O)c2ccccc2)NC(=O)CNC(=O)c2nc(sc2COC)[C@@H](C(C)C)NC(=O)c2nc1sc2C. The van der Waals surface area contributed by atoms with Crippen LogP contribution in [0.4, 0.5) is 0 Å². The number of imidazole rings is 1. The van der Waals surface area contributed by atoms with Crippen molar-refractivity contribution >= 4 is 109 Å². The molecule has 9 aromatic rings. The number of thiazole rings is 6. The number of ether oxygens (including phenoxy) is 1. The van der Waals surface area contributed by atoms with E-state index in [1.807, 2.05) is 13.8 Å². The summed E-state index contributed by atoms with van der Waals surface area (Å²) in [6.07, 6.45) is 1.28. The lowest BCUT2D eigenvalue weighted by Crippen LogP contribution is -2.40. The third kappa shape index (κ3) is 13.0. The number of carboxylic acid groups (broad SMARTS) is 1. The molecule has 8 N–H and O–H groups in total. The van der Waals surface area contributed by atoms with Crippen molar-refractivity contribution in [1.82, 2.24) is 76.3 Å². The number of pyridine rings is 1. The Hall–Kier alpha value is -8.43. The molecular weight excluding hydrogens is 1200 g/mol. The van der Waals surface area contributed by atoms with Crippen LogP contribution in [0, 0.1) is 12.8 Å². The van der Waals surface area contributed by atoms with E-state index in [1.54, 1.807) is 70.9 Å². The number of aliphatic hydroxyl groups excluding tert-OH is 1. The van der Waals surface area contributed by atoms with Crippen LogP contribution in [0.5, 0.6) is 0 Å². The number of methoxy groups -OCH3 is 1. The molecule has 8 aromatic heterocycles. The number of aliphatic hydroxyl groups is 1. The minimum Gasteiger partial charge on any atom is -0.480 e. The maximum absolute atomic E-state index is 14.3. The van der Waals surface area contributed by atoms with Crippen LogP contribution in [0.25, 0.3) is 49.2 Å². The molecule has 0 saturated carbocycles. The van der Waals surface area contributed by atoms with Crippen molar-refractivity contribution in [2.45, 2.75) is 58.0 Å². The number of nitrogens with zero attached hydrogens (tertiary/aromatic N) is 9. The number of aromatic nitrogens is 9. The highest BCUT2D eigenvalue weighted by molar-refractivity contribution is 7.15. The van der Waals surface area contributed by atoms with Crippen molar-refractivity contribution in [1.29, 1.82) is 0 Å². The number of carbonyl (C=O) groups excluding carboxylic acids is 6. The Morgan fingerprint density at radius 1 is 0.738 bits per heavy atom. The zero-order valence-electron chi connectivity index (χ0n) is 44.9. The van der Waals surface area contributed by atoms with Gasteiger partial charge >= 0.3 is 5.97 Å². The van der Waals surface area contributed by atoms with Gasteiger partial charge in [0.1, 0.15) is 101 Å². The second-order valence-corrected chi connectivity index (χ2v) is 24.7. The molecule has 0 saturated heterocycles. The zero-order valence-corrected chi connectivity index (χ0v) is 49.8. The molecule has 0 unspecified atom stereocenters. The highest BCUT2D eigenvalue weighted by Gasteiger charge is 2.33. The molecule has 0 radical (unpaired) electrons. The monoisotopic (exact) mass is 1250 g/mol. The summed E-state index contributed by atoms with van der Waals surface area (Å²) in [6, 6.07) is 9.43. The predicted octanol–water partition coefficient (Wildman–Crippen LogP) is 6.31. The van der Waals surface area contributed by atoms with Crippen LogP contribution in [0.2, 0.25) is 0 Å². The molecule has 31 heteroatoms. The van der Waals surface area contributed by atoms with E-state index in [0.717, 1.165) is 34.0 Å². The quantitative estimate of drug-likeness (QED) is 0.0664. The number of amides is 6. The maximum atomic E-state index is 14.3. The molecule has 1 aliphatic heterocycles. The number of nitrogens with one attached hydrogen (secondary N) is 6. The third-order valence-corrected chi connectivity index (χ3v) is 18.4. The Labute approximate surface area is 501 Å². The van der Waals surface area contributed by atoms with Gasteiger partial charge in [-0.3, -0.25) is 38.1 Å². The molecule has 1 aliphatic rings. The number of fused-ring (bicyclic) bond motifs is 14. The van der Waals surface area contributed by atoms with Gasteiger partial charge in [0, 0.05) is 52.3 Å². The van der Waals surface area contributed by atoms with Crippen LogP contribution >= 0.6 is 68.0 Å². The summed E-state index contributed by atoms with van der Waals surface area (Å²) in [5.74, 6) is -4.66. The van der Waals surface area contributed by atoms with Crippen LogP contribution in [0.1, 0.15) is 117 Å². The van der Waals surface area contributed by atoms with Crippen LogP contribution in [-0.4, -0.2) is 123 Å². The fourth-order valence-corrected chi connectivity index (χ4v) is 14.1. The maximum Gasteiger partial charge on any atom is 0.322 e. The van der Waals surface area contributed by atoms with Gasteiger partial charge in [-0.15, -0.1) is 68.0 Å². The lowest BCUT2D eigenvalue weighted by molar-refractivity contribution is -0.135. The normalized spacial score (nSPS) is 16.2. The summed E-state index contributed by atoms with van der Waals surface area (Å²) in [6.45, 7) is 4.35. The highest BCUT2D eigenvalue weighted by Crippen LogP contribution is 2.40. The van der Waals surface area contributed by atoms with Crippen molar-refractivity contribution in [3.63, 3.8) is 0 Å². The van der Waals surface area contributed by atoms with Crippen molar-refractivity contribution in [3.8, 4) is 49.2 Å². The molecule has 10 bridgehead atoms. The minimum absolute atomic E-state index is 0.00364.